The second-order valence-electron chi connectivity index (χ2n) is 3.13. The minimum Gasteiger partial charge on any atom is -0.488 e. The fraction of sp³-hybridized carbons (Fsp3) is 0.0833. The molecule has 5 heteroatoms. The third-order valence-corrected chi connectivity index (χ3v) is 2.35. The molecule has 3 nitrogen and oxygen atoms in total. The van der Waals surface area contributed by atoms with Gasteiger partial charge in [0.05, 0.1) is 5.02 Å². The molecule has 1 rings (SSSR count). The van der Waals surface area contributed by atoms with E-state index in [0.29, 0.717) is 20.8 Å². The minimum absolute atomic E-state index is 0.286. The SMILES string of the molecule is C=C(Br)COc1cccc(Cl)c1/C=C/C(=O)O. The van der Waals surface area contributed by atoms with E-state index < -0.39 is 5.97 Å². The van der Waals surface area contributed by atoms with Crippen LogP contribution >= 0.6 is 27.5 Å². The summed E-state index contributed by atoms with van der Waals surface area (Å²) in [4.78, 5) is 10.5. The van der Waals surface area contributed by atoms with Crippen LogP contribution in [0.2, 0.25) is 5.02 Å². The first-order valence-corrected chi connectivity index (χ1v) is 5.83. The molecule has 0 aliphatic carbocycles. The van der Waals surface area contributed by atoms with Gasteiger partial charge in [0.1, 0.15) is 12.4 Å². The van der Waals surface area contributed by atoms with E-state index in [1.165, 1.54) is 6.08 Å². The standard InChI is InChI=1S/C12H10BrClO3/c1-8(13)7-17-11-4-2-3-10(14)9(11)5-6-12(15)16/h2-6H,1,7H2,(H,15,16)/b6-5+. The van der Waals surface area contributed by atoms with Crippen molar-refractivity contribution < 1.29 is 14.6 Å². The van der Waals surface area contributed by atoms with Crippen LogP contribution in [0.25, 0.3) is 6.08 Å². The first-order valence-electron chi connectivity index (χ1n) is 4.66. The van der Waals surface area contributed by atoms with Crippen LogP contribution in [0.4, 0.5) is 0 Å². The number of aliphatic carboxylic acids is 1. The second-order valence-corrected chi connectivity index (χ2v) is 4.66. The van der Waals surface area contributed by atoms with Gasteiger partial charge in [0, 0.05) is 16.1 Å². The van der Waals surface area contributed by atoms with Gasteiger partial charge in [0.2, 0.25) is 0 Å². The molecule has 17 heavy (non-hydrogen) atoms. The first-order chi connectivity index (χ1) is 8.00. The molecule has 0 spiro atoms. The number of hydrogen-bond acceptors (Lipinski definition) is 2. The summed E-state index contributed by atoms with van der Waals surface area (Å²) in [5.41, 5.74) is 0.533. The Kier molecular flexibility index (Phi) is 5.25. The summed E-state index contributed by atoms with van der Waals surface area (Å²) in [5, 5.41) is 9.01. The van der Waals surface area contributed by atoms with E-state index >= 15 is 0 Å². The van der Waals surface area contributed by atoms with Crippen LogP contribution in [0.3, 0.4) is 0 Å². The quantitative estimate of drug-likeness (QED) is 0.842. The molecule has 0 aromatic heterocycles. The van der Waals surface area contributed by atoms with Gasteiger partial charge in [-0.25, -0.2) is 4.79 Å². The Morgan fingerprint density at radius 1 is 1.59 bits per heavy atom. The van der Waals surface area contributed by atoms with Gasteiger partial charge < -0.3 is 9.84 Å². The lowest BCUT2D eigenvalue weighted by atomic mass is 10.2. The molecule has 0 amide bonds. The Morgan fingerprint density at radius 2 is 2.29 bits per heavy atom. The van der Waals surface area contributed by atoms with Crippen LogP contribution < -0.4 is 4.74 Å². The van der Waals surface area contributed by atoms with Gasteiger partial charge in [0.25, 0.3) is 0 Å². The van der Waals surface area contributed by atoms with Crippen LogP contribution in [0.15, 0.2) is 35.3 Å². The number of ether oxygens (including phenoxy) is 1. The summed E-state index contributed by atoms with van der Waals surface area (Å²) >= 11 is 9.14. The van der Waals surface area contributed by atoms with Gasteiger partial charge in [-0.1, -0.05) is 40.2 Å². The Labute approximate surface area is 112 Å². The van der Waals surface area contributed by atoms with E-state index in [1.54, 1.807) is 18.2 Å². The summed E-state index contributed by atoms with van der Waals surface area (Å²) in [7, 11) is 0. The van der Waals surface area contributed by atoms with Crippen molar-refractivity contribution in [2.75, 3.05) is 6.61 Å². The maximum atomic E-state index is 10.5. The van der Waals surface area contributed by atoms with Crippen LogP contribution in [-0.4, -0.2) is 17.7 Å². The van der Waals surface area contributed by atoms with Crippen LogP contribution in [0, 0.1) is 0 Å². The third kappa shape index (κ3) is 4.63. The maximum absolute atomic E-state index is 10.5. The summed E-state index contributed by atoms with van der Waals surface area (Å²) in [6.07, 6.45) is 2.41. The van der Waals surface area contributed by atoms with Crippen molar-refractivity contribution in [3.63, 3.8) is 0 Å². The van der Waals surface area contributed by atoms with Crippen molar-refractivity contribution in [2.24, 2.45) is 0 Å². The van der Waals surface area contributed by atoms with E-state index in [-0.39, 0.29) is 6.61 Å². The monoisotopic (exact) mass is 316 g/mol. The number of halogens is 2. The van der Waals surface area contributed by atoms with E-state index in [1.807, 2.05) is 0 Å². The molecule has 0 heterocycles. The predicted molar refractivity (Wildman–Crippen MR) is 71.7 cm³/mol. The zero-order chi connectivity index (χ0) is 12.8. The molecule has 1 aromatic carbocycles. The zero-order valence-electron chi connectivity index (χ0n) is 8.82. The van der Waals surface area contributed by atoms with Gasteiger partial charge >= 0.3 is 5.97 Å². The minimum atomic E-state index is -1.04. The Morgan fingerprint density at radius 3 is 2.88 bits per heavy atom. The molecule has 0 saturated heterocycles. The average Bonchev–Trinajstić information content (AvgIpc) is 2.24. The molecule has 0 aliphatic heterocycles. The fourth-order valence-corrected chi connectivity index (χ4v) is 1.46. The van der Waals surface area contributed by atoms with Gasteiger partial charge in [0.15, 0.2) is 0 Å². The predicted octanol–water partition coefficient (Wildman–Crippen LogP) is 3.73. The van der Waals surface area contributed by atoms with E-state index in [9.17, 15) is 4.79 Å². The molecular formula is C12H10BrClO3. The number of benzene rings is 1. The van der Waals surface area contributed by atoms with Crippen molar-refractivity contribution in [1.82, 2.24) is 0 Å². The number of rotatable bonds is 5. The molecule has 90 valence electrons. The summed E-state index contributed by atoms with van der Waals surface area (Å²) in [5.74, 6) is -0.531. The number of hydrogen-bond donors (Lipinski definition) is 1. The molecule has 1 N–H and O–H groups in total. The summed E-state index contributed by atoms with van der Waals surface area (Å²) in [6.45, 7) is 3.93. The van der Waals surface area contributed by atoms with E-state index in [0.717, 1.165) is 6.08 Å². The number of carbonyl (C=O) groups is 1. The van der Waals surface area contributed by atoms with Crippen molar-refractivity contribution in [2.45, 2.75) is 0 Å². The number of carboxylic acid groups (broad SMARTS) is 1. The van der Waals surface area contributed by atoms with Crippen LogP contribution in [-0.2, 0) is 4.79 Å². The topological polar surface area (TPSA) is 46.5 Å². The molecular weight excluding hydrogens is 307 g/mol. The van der Waals surface area contributed by atoms with Gasteiger partial charge in [-0.15, -0.1) is 0 Å². The molecule has 0 radical (unpaired) electrons. The normalized spacial score (nSPS) is 10.5. The van der Waals surface area contributed by atoms with Crippen molar-refractivity contribution in [3.8, 4) is 5.75 Å². The highest BCUT2D eigenvalue weighted by atomic mass is 79.9. The number of carboxylic acids is 1. The fourth-order valence-electron chi connectivity index (χ4n) is 1.12. The lowest BCUT2D eigenvalue weighted by Crippen LogP contribution is -1.98. The van der Waals surface area contributed by atoms with Gasteiger partial charge in [-0.3, -0.25) is 0 Å². The second kappa shape index (κ2) is 6.47. The summed E-state index contributed by atoms with van der Waals surface area (Å²) in [6, 6.07) is 5.11. The average molecular weight is 318 g/mol. The van der Waals surface area contributed by atoms with Crippen LogP contribution in [0.1, 0.15) is 5.56 Å². The highest BCUT2D eigenvalue weighted by molar-refractivity contribution is 9.11. The lowest BCUT2D eigenvalue weighted by Gasteiger charge is -2.09. The smallest absolute Gasteiger partial charge is 0.328 e. The zero-order valence-corrected chi connectivity index (χ0v) is 11.2. The molecule has 0 fully saturated rings. The molecule has 0 aliphatic rings. The highest BCUT2D eigenvalue weighted by Gasteiger charge is 2.06. The Balaban J connectivity index is 2.99. The molecule has 0 bridgehead atoms. The Hall–Kier alpha value is -1.26. The largest absolute Gasteiger partial charge is 0.488 e. The molecule has 0 atom stereocenters. The van der Waals surface area contributed by atoms with Gasteiger partial charge in [-0.05, 0) is 18.2 Å². The summed E-state index contributed by atoms with van der Waals surface area (Å²) < 4.78 is 6.12. The van der Waals surface area contributed by atoms with E-state index in [4.69, 9.17) is 21.4 Å². The van der Waals surface area contributed by atoms with Crippen molar-refractivity contribution in [1.29, 1.82) is 0 Å². The first kappa shape index (κ1) is 13.8. The van der Waals surface area contributed by atoms with Crippen LogP contribution in [0.5, 0.6) is 5.75 Å². The molecule has 1 aromatic rings. The van der Waals surface area contributed by atoms with E-state index in [2.05, 4.69) is 22.5 Å². The van der Waals surface area contributed by atoms with Crippen molar-refractivity contribution >= 4 is 39.6 Å². The third-order valence-electron chi connectivity index (χ3n) is 1.79. The lowest BCUT2D eigenvalue weighted by molar-refractivity contribution is -0.131. The van der Waals surface area contributed by atoms with Gasteiger partial charge in [-0.2, -0.15) is 0 Å². The highest BCUT2D eigenvalue weighted by Crippen LogP contribution is 2.28. The molecule has 0 saturated carbocycles. The van der Waals surface area contributed by atoms with Crippen molar-refractivity contribution in [3.05, 3.63) is 45.9 Å². The maximum Gasteiger partial charge on any atom is 0.328 e. The Bertz CT molecular complexity index is 469. The molecule has 0 unspecified atom stereocenters.